The van der Waals surface area contributed by atoms with Crippen molar-refractivity contribution < 1.29 is 9.90 Å². The van der Waals surface area contributed by atoms with E-state index in [-0.39, 0.29) is 18.6 Å². The Bertz CT molecular complexity index is 596. The molecule has 2 rings (SSSR count). The number of hydrogen-bond acceptors (Lipinski definition) is 4. The van der Waals surface area contributed by atoms with Crippen molar-refractivity contribution in [2.45, 2.75) is 32.7 Å². The lowest BCUT2D eigenvalue weighted by Gasteiger charge is -2.14. The number of thiophene rings is 1. The Morgan fingerprint density at radius 1 is 1.43 bits per heavy atom. The summed E-state index contributed by atoms with van der Waals surface area (Å²) in [5.41, 5.74) is 3.29. The molecule has 0 fully saturated rings. The van der Waals surface area contributed by atoms with Gasteiger partial charge in [-0.25, -0.2) is 0 Å². The number of nitrogens with zero attached hydrogens (tertiary/aromatic N) is 1. The zero-order valence-electron chi connectivity index (χ0n) is 12.3. The first-order chi connectivity index (χ1) is 10.1. The van der Waals surface area contributed by atoms with Crippen LogP contribution in [-0.4, -0.2) is 28.6 Å². The molecule has 0 saturated carbocycles. The summed E-state index contributed by atoms with van der Waals surface area (Å²) in [6, 6.07) is 5.76. The number of aromatic nitrogens is 1. The molecule has 2 aromatic rings. The van der Waals surface area contributed by atoms with Gasteiger partial charge in [-0.15, -0.1) is 0 Å². The van der Waals surface area contributed by atoms with Crippen LogP contribution in [0.4, 0.5) is 0 Å². The molecular formula is C16H20N2O2S. The highest BCUT2D eigenvalue weighted by molar-refractivity contribution is 7.08. The van der Waals surface area contributed by atoms with Gasteiger partial charge in [0.25, 0.3) is 5.91 Å². The van der Waals surface area contributed by atoms with Gasteiger partial charge >= 0.3 is 0 Å². The van der Waals surface area contributed by atoms with Crippen LogP contribution in [0, 0.1) is 6.92 Å². The van der Waals surface area contributed by atoms with Gasteiger partial charge in [-0.1, -0.05) is 0 Å². The van der Waals surface area contributed by atoms with Gasteiger partial charge in [-0.05, 0) is 50.3 Å². The molecule has 4 nitrogen and oxygen atoms in total. The van der Waals surface area contributed by atoms with E-state index in [0.29, 0.717) is 12.0 Å². The maximum Gasteiger partial charge on any atom is 0.253 e. The highest BCUT2D eigenvalue weighted by Gasteiger charge is 2.13. The van der Waals surface area contributed by atoms with Crippen molar-refractivity contribution in [1.29, 1.82) is 0 Å². The number of rotatable bonds is 6. The van der Waals surface area contributed by atoms with Crippen molar-refractivity contribution >= 4 is 17.2 Å². The van der Waals surface area contributed by atoms with E-state index in [9.17, 15) is 4.79 Å². The zero-order valence-corrected chi connectivity index (χ0v) is 13.1. The third-order valence-corrected chi connectivity index (χ3v) is 4.00. The topological polar surface area (TPSA) is 62.2 Å². The third kappa shape index (κ3) is 4.12. The summed E-state index contributed by atoms with van der Waals surface area (Å²) >= 11 is 1.63. The predicted molar refractivity (Wildman–Crippen MR) is 85.5 cm³/mol. The molecule has 0 aliphatic rings. The average molecular weight is 304 g/mol. The summed E-state index contributed by atoms with van der Waals surface area (Å²) in [5, 5.41) is 15.8. The normalized spacial score (nSPS) is 12.1. The van der Waals surface area contributed by atoms with Gasteiger partial charge in [0.2, 0.25) is 0 Å². The van der Waals surface area contributed by atoms with Crippen LogP contribution >= 0.6 is 11.3 Å². The zero-order chi connectivity index (χ0) is 15.2. The van der Waals surface area contributed by atoms with Crippen LogP contribution in [0.2, 0.25) is 0 Å². The minimum atomic E-state index is -0.109. The number of hydrogen-bond donors (Lipinski definition) is 2. The second-order valence-electron chi connectivity index (χ2n) is 5.08. The lowest BCUT2D eigenvalue weighted by molar-refractivity contribution is 0.0935. The van der Waals surface area contributed by atoms with E-state index < -0.39 is 0 Å². The van der Waals surface area contributed by atoms with E-state index in [0.717, 1.165) is 23.4 Å². The van der Waals surface area contributed by atoms with E-state index in [1.54, 1.807) is 11.3 Å². The molecule has 0 aliphatic heterocycles. The molecule has 0 aromatic carbocycles. The van der Waals surface area contributed by atoms with Crippen molar-refractivity contribution in [2.75, 3.05) is 6.61 Å². The molecule has 0 aliphatic carbocycles. The van der Waals surface area contributed by atoms with E-state index in [2.05, 4.69) is 10.3 Å². The molecule has 1 atom stereocenters. The number of aliphatic hydroxyl groups is 1. The number of carbonyl (C=O) groups is 1. The minimum absolute atomic E-state index is 0.0422. The van der Waals surface area contributed by atoms with Gasteiger partial charge in [0.15, 0.2) is 0 Å². The molecule has 2 N–H and O–H groups in total. The third-order valence-electron chi connectivity index (χ3n) is 3.32. The molecule has 5 heteroatoms. The number of nitrogens with one attached hydrogen (secondary N) is 1. The van der Waals surface area contributed by atoms with Crippen molar-refractivity contribution in [3.05, 3.63) is 40.2 Å². The largest absolute Gasteiger partial charge is 0.396 e. The average Bonchev–Trinajstić information content (AvgIpc) is 2.99. The fourth-order valence-corrected chi connectivity index (χ4v) is 2.79. The first-order valence-electron chi connectivity index (χ1n) is 7.03. The van der Waals surface area contributed by atoms with Crippen LogP contribution in [0.25, 0.3) is 11.3 Å². The van der Waals surface area contributed by atoms with E-state index in [1.165, 1.54) is 0 Å². The summed E-state index contributed by atoms with van der Waals surface area (Å²) in [7, 11) is 0. The van der Waals surface area contributed by atoms with E-state index >= 15 is 0 Å². The van der Waals surface area contributed by atoms with Gasteiger partial charge in [0, 0.05) is 23.6 Å². The van der Waals surface area contributed by atoms with Crippen LogP contribution in [0.1, 0.15) is 35.8 Å². The van der Waals surface area contributed by atoms with Crippen molar-refractivity contribution in [2.24, 2.45) is 0 Å². The van der Waals surface area contributed by atoms with Gasteiger partial charge < -0.3 is 10.4 Å². The highest BCUT2D eigenvalue weighted by Crippen LogP contribution is 2.21. The van der Waals surface area contributed by atoms with Crippen LogP contribution < -0.4 is 5.32 Å². The van der Waals surface area contributed by atoms with Crippen molar-refractivity contribution in [3.8, 4) is 11.3 Å². The summed E-state index contributed by atoms with van der Waals surface area (Å²) in [6.07, 6.45) is 1.46. The van der Waals surface area contributed by atoms with Gasteiger partial charge in [-0.3, -0.25) is 9.78 Å². The molecule has 0 bridgehead atoms. The van der Waals surface area contributed by atoms with Gasteiger partial charge in [-0.2, -0.15) is 11.3 Å². The summed E-state index contributed by atoms with van der Waals surface area (Å²) < 4.78 is 0. The van der Waals surface area contributed by atoms with Gasteiger partial charge in [0.05, 0.1) is 17.0 Å². The van der Waals surface area contributed by atoms with Crippen molar-refractivity contribution in [1.82, 2.24) is 10.3 Å². The smallest absolute Gasteiger partial charge is 0.253 e. The Labute approximate surface area is 128 Å². The monoisotopic (exact) mass is 304 g/mol. The molecule has 21 heavy (non-hydrogen) atoms. The van der Waals surface area contributed by atoms with Crippen LogP contribution in [0.15, 0.2) is 29.0 Å². The standard InChI is InChI=1S/C16H20N2O2S/c1-11(4-3-8-19)17-16(20)14-5-6-15(18-12(14)2)13-7-9-21-10-13/h5-7,9-11,19H,3-4,8H2,1-2H3,(H,17,20). The van der Waals surface area contributed by atoms with E-state index in [4.69, 9.17) is 5.11 Å². The minimum Gasteiger partial charge on any atom is -0.396 e. The van der Waals surface area contributed by atoms with Gasteiger partial charge in [0.1, 0.15) is 0 Å². The Hall–Kier alpha value is -1.72. The molecule has 0 radical (unpaired) electrons. The Morgan fingerprint density at radius 3 is 2.86 bits per heavy atom. The molecule has 2 aromatic heterocycles. The first-order valence-corrected chi connectivity index (χ1v) is 7.98. The molecule has 1 amide bonds. The van der Waals surface area contributed by atoms with Crippen molar-refractivity contribution in [3.63, 3.8) is 0 Å². The molecule has 0 saturated heterocycles. The Morgan fingerprint density at radius 2 is 2.24 bits per heavy atom. The fourth-order valence-electron chi connectivity index (χ4n) is 2.14. The molecule has 0 spiro atoms. The number of carbonyl (C=O) groups excluding carboxylic acids is 1. The number of pyridine rings is 1. The quantitative estimate of drug-likeness (QED) is 0.862. The highest BCUT2D eigenvalue weighted by atomic mass is 32.1. The summed E-state index contributed by atoms with van der Waals surface area (Å²) in [5.74, 6) is -0.109. The Kier molecular flexibility index (Phi) is 5.47. The number of aliphatic hydroxyl groups excluding tert-OH is 1. The maximum atomic E-state index is 12.2. The number of amides is 1. The molecule has 112 valence electrons. The number of aryl methyl sites for hydroxylation is 1. The Balaban J connectivity index is 2.08. The summed E-state index contributed by atoms with van der Waals surface area (Å²) in [6.45, 7) is 3.94. The SMILES string of the molecule is Cc1nc(-c2ccsc2)ccc1C(=O)NC(C)CCCO. The second-order valence-corrected chi connectivity index (χ2v) is 5.86. The fraction of sp³-hybridized carbons (Fsp3) is 0.375. The molecular weight excluding hydrogens is 284 g/mol. The predicted octanol–water partition coefficient (Wildman–Crippen LogP) is 3.01. The van der Waals surface area contributed by atoms with E-state index in [1.807, 2.05) is 42.8 Å². The molecule has 1 unspecified atom stereocenters. The summed E-state index contributed by atoms with van der Waals surface area (Å²) in [4.78, 5) is 16.7. The second kappa shape index (κ2) is 7.33. The van der Waals surface area contributed by atoms with Crippen LogP contribution in [-0.2, 0) is 0 Å². The van der Waals surface area contributed by atoms with Crippen LogP contribution in [0.5, 0.6) is 0 Å². The maximum absolute atomic E-state index is 12.2. The van der Waals surface area contributed by atoms with Crippen LogP contribution in [0.3, 0.4) is 0 Å². The molecule has 2 heterocycles. The lowest BCUT2D eigenvalue weighted by atomic mass is 10.1. The first kappa shape index (κ1) is 15.7. The lowest BCUT2D eigenvalue weighted by Crippen LogP contribution is -2.33.